The van der Waals surface area contributed by atoms with Crippen molar-refractivity contribution in [3.63, 3.8) is 0 Å². The van der Waals surface area contributed by atoms with E-state index in [-0.39, 0.29) is 17.1 Å². The Kier molecular flexibility index (Phi) is 5.32. The molecule has 1 N–H and O–H groups in total. The molecule has 0 aliphatic carbocycles. The van der Waals surface area contributed by atoms with Gasteiger partial charge < -0.3 is 9.67 Å². The Morgan fingerprint density at radius 2 is 1.81 bits per heavy atom. The zero-order chi connectivity index (χ0) is 22.2. The number of hydrogen-bond donors (Lipinski definition) is 1. The van der Waals surface area contributed by atoms with E-state index in [4.69, 9.17) is 0 Å². The first-order valence-electron chi connectivity index (χ1n) is 9.50. The molecule has 1 unspecified atom stereocenters. The number of rotatable bonds is 6. The average Bonchev–Trinajstić information content (AvgIpc) is 3.00. The number of sulfone groups is 1. The maximum absolute atomic E-state index is 14.2. The van der Waals surface area contributed by atoms with Gasteiger partial charge in [0, 0.05) is 28.4 Å². The van der Waals surface area contributed by atoms with E-state index in [0.717, 1.165) is 0 Å². The molecule has 2 heterocycles. The van der Waals surface area contributed by atoms with Crippen LogP contribution < -0.4 is 0 Å². The molecule has 0 bridgehead atoms. The fraction of sp³-hybridized carbons (Fsp3) is 0.130. The molecule has 0 saturated carbocycles. The number of nitrogens with zero attached hydrogens (tertiary/aromatic N) is 2. The molecule has 2 aromatic heterocycles. The molecule has 0 spiro atoms. The molecule has 0 amide bonds. The number of aliphatic carboxylic acids is 1. The number of carboxylic acid groups (broad SMARTS) is 1. The predicted octanol–water partition coefficient (Wildman–Crippen LogP) is 4.13. The molecule has 0 radical (unpaired) electrons. The van der Waals surface area contributed by atoms with Gasteiger partial charge in [0.05, 0.1) is 10.6 Å². The van der Waals surface area contributed by atoms with Crippen LogP contribution >= 0.6 is 0 Å². The van der Waals surface area contributed by atoms with E-state index in [1.165, 1.54) is 41.1 Å². The van der Waals surface area contributed by atoms with Gasteiger partial charge in [0.15, 0.2) is 9.84 Å². The highest BCUT2D eigenvalue weighted by atomic mass is 32.2. The van der Waals surface area contributed by atoms with Gasteiger partial charge in [-0.05, 0) is 49.4 Å². The topological polar surface area (TPSA) is 89.3 Å². The highest BCUT2D eigenvalue weighted by Gasteiger charge is 2.36. The van der Waals surface area contributed by atoms with Crippen LogP contribution in [0.4, 0.5) is 4.39 Å². The molecule has 158 valence electrons. The molecular formula is C23H19FN2O4S. The van der Waals surface area contributed by atoms with Crippen molar-refractivity contribution < 1.29 is 22.7 Å². The molecule has 0 aliphatic rings. The minimum atomic E-state index is -3.99. The van der Waals surface area contributed by atoms with Crippen molar-refractivity contribution in [1.82, 2.24) is 9.55 Å². The molecule has 0 saturated heterocycles. The molecule has 0 fully saturated rings. The lowest BCUT2D eigenvalue weighted by Crippen LogP contribution is -2.18. The Morgan fingerprint density at radius 3 is 2.45 bits per heavy atom. The second-order valence-electron chi connectivity index (χ2n) is 7.13. The third-order valence-corrected chi connectivity index (χ3v) is 7.26. The normalized spacial score (nSPS) is 12.7. The van der Waals surface area contributed by atoms with Crippen molar-refractivity contribution >= 4 is 26.7 Å². The number of halogens is 1. The summed E-state index contributed by atoms with van der Waals surface area (Å²) in [6.45, 7) is 1.26. The summed E-state index contributed by atoms with van der Waals surface area (Å²) in [6.07, 6.45) is 1.50. The maximum Gasteiger partial charge on any atom is 0.323 e. The van der Waals surface area contributed by atoms with Crippen LogP contribution in [0.3, 0.4) is 0 Å². The van der Waals surface area contributed by atoms with Crippen molar-refractivity contribution in [2.45, 2.75) is 23.6 Å². The predicted molar refractivity (Wildman–Crippen MR) is 114 cm³/mol. The molecular weight excluding hydrogens is 419 g/mol. The van der Waals surface area contributed by atoms with E-state index in [0.29, 0.717) is 22.2 Å². The van der Waals surface area contributed by atoms with Gasteiger partial charge in [-0.2, -0.15) is 0 Å². The first-order chi connectivity index (χ1) is 14.8. The highest BCUT2D eigenvalue weighted by molar-refractivity contribution is 7.92. The Balaban J connectivity index is 2.09. The standard InChI is InChI=1S/C23H19FN2O4S/c1-15-22(18-13-16(24)10-11-20(18)26(15)14-21(27)28)23(19-9-5-6-12-25-19)31(29,30)17-7-3-2-4-8-17/h2-13,23H,14H2,1H3,(H,27,28). The summed E-state index contributed by atoms with van der Waals surface area (Å²) in [5, 5.41) is 8.48. The number of carbonyl (C=O) groups is 1. The molecule has 1 atom stereocenters. The molecule has 6 nitrogen and oxygen atoms in total. The maximum atomic E-state index is 14.2. The van der Waals surface area contributed by atoms with Gasteiger partial charge in [-0.15, -0.1) is 0 Å². The second kappa shape index (κ2) is 7.96. The summed E-state index contributed by atoms with van der Waals surface area (Å²) >= 11 is 0. The summed E-state index contributed by atoms with van der Waals surface area (Å²) in [7, 11) is -3.99. The van der Waals surface area contributed by atoms with E-state index >= 15 is 0 Å². The van der Waals surface area contributed by atoms with Crippen LogP contribution in [0.15, 0.2) is 77.8 Å². The highest BCUT2D eigenvalue weighted by Crippen LogP contribution is 2.41. The minimum absolute atomic E-state index is 0.0978. The summed E-state index contributed by atoms with van der Waals surface area (Å²) < 4.78 is 43.3. The molecule has 0 aliphatic heterocycles. The summed E-state index contributed by atoms with van der Waals surface area (Å²) in [6, 6.07) is 16.9. The first-order valence-corrected chi connectivity index (χ1v) is 11.0. The van der Waals surface area contributed by atoms with Gasteiger partial charge in [0.25, 0.3) is 0 Å². The van der Waals surface area contributed by atoms with E-state index in [1.807, 2.05) is 0 Å². The summed E-state index contributed by atoms with van der Waals surface area (Å²) in [4.78, 5) is 15.9. The lowest BCUT2D eigenvalue weighted by Gasteiger charge is -2.19. The fourth-order valence-electron chi connectivity index (χ4n) is 3.89. The van der Waals surface area contributed by atoms with Gasteiger partial charge >= 0.3 is 5.97 Å². The zero-order valence-electron chi connectivity index (χ0n) is 16.6. The van der Waals surface area contributed by atoms with Crippen molar-refractivity contribution in [3.8, 4) is 0 Å². The minimum Gasteiger partial charge on any atom is -0.480 e. The molecule has 31 heavy (non-hydrogen) atoms. The van der Waals surface area contributed by atoms with Crippen LogP contribution in [-0.4, -0.2) is 29.0 Å². The van der Waals surface area contributed by atoms with Crippen molar-refractivity contribution in [2.75, 3.05) is 0 Å². The number of aromatic nitrogens is 2. The number of pyridine rings is 1. The Bertz CT molecular complexity index is 1370. The monoisotopic (exact) mass is 438 g/mol. The second-order valence-corrected chi connectivity index (χ2v) is 9.17. The molecule has 8 heteroatoms. The van der Waals surface area contributed by atoms with Gasteiger partial charge in [-0.1, -0.05) is 24.3 Å². The van der Waals surface area contributed by atoms with Gasteiger partial charge in [-0.25, -0.2) is 12.8 Å². The summed E-state index contributed by atoms with van der Waals surface area (Å²) in [5.74, 6) is -1.63. The third kappa shape index (κ3) is 3.70. The lowest BCUT2D eigenvalue weighted by atomic mass is 10.0. The van der Waals surface area contributed by atoms with E-state index in [9.17, 15) is 22.7 Å². The van der Waals surface area contributed by atoms with Crippen LogP contribution in [0.25, 0.3) is 10.9 Å². The van der Waals surface area contributed by atoms with Crippen LogP contribution in [0.1, 0.15) is 22.2 Å². The molecule has 2 aromatic carbocycles. The van der Waals surface area contributed by atoms with Gasteiger partial charge in [-0.3, -0.25) is 9.78 Å². The lowest BCUT2D eigenvalue weighted by molar-refractivity contribution is -0.137. The van der Waals surface area contributed by atoms with Gasteiger partial charge in [0.1, 0.15) is 17.6 Å². The Hall–Kier alpha value is -3.52. The smallest absolute Gasteiger partial charge is 0.323 e. The zero-order valence-corrected chi connectivity index (χ0v) is 17.4. The number of hydrogen-bond acceptors (Lipinski definition) is 4. The van der Waals surface area contributed by atoms with E-state index < -0.39 is 26.9 Å². The first kappa shape index (κ1) is 20.7. The van der Waals surface area contributed by atoms with Crippen LogP contribution in [0, 0.1) is 12.7 Å². The SMILES string of the molecule is Cc1c(C(c2ccccn2)S(=O)(=O)c2ccccc2)c2cc(F)ccc2n1CC(=O)O. The molecule has 4 aromatic rings. The largest absolute Gasteiger partial charge is 0.480 e. The van der Waals surface area contributed by atoms with Crippen molar-refractivity contribution in [1.29, 1.82) is 0 Å². The van der Waals surface area contributed by atoms with Crippen LogP contribution in [-0.2, 0) is 21.2 Å². The quantitative estimate of drug-likeness (QED) is 0.489. The molecule has 4 rings (SSSR count). The average molecular weight is 438 g/mol. The number of fused-ring (bicyclic) bond motifs is 1. The van der Waals surface area contributed by atoms with E-state index in [2.05, 4.69) is 4.98 Å². The third-order valence-electron chi connectivity index (χ3n) is 5.23. The summed E-state index contributed by atoms with van der Waals surface area (Å²) in [5.41, 5.74) is 1.46. The van der Waals surface area contributed by atoms with Gasteiger partial charge in [0.2, 0.25) is 0 Å². The Labute approximate surface area is 178 Å². The number of carboxylic acids is 1. The van der Waals surface area contributed by atoms with Crippen molar-refractivity contribution in [3.05, 3.63) is 95.7 Å². The fourth-order valence-corrected chi connectivity index (χ4v) is 5.76. The Morgan fingerprint density at radius 1 is 1.10 bits per heavy atom. The van der Waals surface area contributed by atoms with Crippen LogP contribution in [0.2, 0.25) is 0 Å². The van der Waals surface area contributed by atoms with Crippen LogP contribution in [0.5, 0.6) is 0 Å². The van der Waals surface area contributed by atoms with Crippen molar-refractivity contribution in [2.24, 2.45) is 0 Å². The van der Waals surface area contributed by atoms with E-state index in [1.54, 1.807) is 43.3 Å². The number of benzene rings is 2.